The van der Waals surface area contributed by atoms with Crippen LogP contribution in [0.1, 0.15) is 0 Å². The predicted molar refractivity (Wildman–Crippen MR) is 26.1 cm³/mol. The summed E-state index contributed by atoms with van der Waals surface area (Å²) in [5, 5.41) is 20.0. The molecule has 9 heavy (non-hydrogen) atoms. The molecule has 0 bridgehead atoms. The van der Waals surface area contributed by atoms with Gasteiger partial charge < -0.3 is 14.9 Å². The van der Waals surface area contributed by atoms with Crippen LogP contribution in [-0.4, -0.2) is 28.8 Å². The first-order chi connectivity index (χ1) is 4.25. The molecule has 0 aliphatic carbocycles. The Hall–Kier alpha value is -0.810. The van der Waals surface area contributed by atoms with E-state index >= 15 is 0 Å². The van der Waals surface area contributed by atoms with Gasteiger partial charge >= 0.3 is 0 Å². The van der Waals surface area contributed by atoms with Gasteiger partial charge in [-0.2, -0.15) is 0 Å². The molecule has 0 radical (unpaired) electrons. The van der Waals surface area contributed by atoms with Gasteiger partial charge in [0.15, 0.2) is 6.29 Å². The zero-order chi connectivity index (χ0) is 6.91. The van der Waals surface area contributed by atoms with Crippen LogP contribution in [0.3, 0.4) is 0 Å². The Balaban J connectivity index is 2.62. The van der Waals surface area contributed by atoms with Gasteiger partial charge in [0.25, 0.3) is 0 Å². The quantitative estimate of drug-likeness (QED) is 0.225. The standard InChI is InChI=1S/C3H5N3O3/c4-6-5-3(1-7)2(8)9-3/h2,7-8H,1H2/t2?,3-/m1/s1. The van der Waals surface area contributed by atoms with E-state index in [0.29, 0.717) is 0 Å². The lowest BCUT2D eigenvalue weighted by atomic mass is 10.4. The summed E-state index contributed by atoms with van der Waals surface area (Å²) in [4.78, 5) is 2.37. The van der Waals surface area contributed by atoms with E-state index in [1.54, 1.807) is 0 Å². The van der Waals surface area contributed by atoms with Gasteiger partial charge in [0.05, 0.1) is 6.61 Å². The fourth-order valence-corrected chi connectivity index (χ4v) is 0.455. The van der Waals surface area contributed by atoms with E-state index in [0.717, 1.165) is 0 Å². The minimum Gasteiger partial charge on any atom is -0.393 e. The van der Waals surface area contributed by atoms with Crippen LogP contribution in [0.4, 0.5) is 0 Å². The smallest absolute Gasteiger partial charge is 0.223 e. The van der Waals surface area contributed by atoms with E-state index in [1.807, 2.05) is 0 Å². The largest absolute Gasteiger partial charge is 0.393 e. The molecule has 1 rings (SSSR count). The van der Waals surface area contributed by atoms with E-state index in [-0.39, 0.29) is 0 Å². The van der Waals surface area contributed by atoms with Gasteiger partial charge in [-0.25, -0.2) is 0 Å². The highest BCUT2D eigenvalue weighted by molar-refractivity contribution is 4.93. The van der Waals surface area contributed by atoms with Gasteiger partial charge in [-0.05, 0) is 5.53 Å². The predicted octanol–water partition coefficient (Wildman–Crippen LogP) is -0.666. The molecule has 2 N–H and O–H groups in total. The zero-order valence-corrected chi connectivity index (χ0v) is 4.43. The second-order valence-corrected chi connectivity index (χ2v) is 1.66. The highest BCUT2D eigenvalue weighted by Crippen LogP contribution is 2.35. The molecule has 0 saturated carbocycles. The van der Waals surface area contributed by atoms with E-state index < -0.39 is 18.6 Å². The molecule has 1 saturated heterocycles. The topological polar surface area (TPSA) is 102 Å². The van der Waals surface area contributed by atoms with E-state index in [9.17, 15) is 0 Å². The van der Waals surface area contributed by atoms with Gasteiger partial charge in [-0.1, -0.05) is 5.11 Å². The van der Waals surface area contributed by atoms with Gasteiger partial charge in [-0.15, -0.1) is 0 Å². The Labute approximate surface area is 50.3 Å². The Morgan fingerprint density at radius 3 is 2.56 bits per heavy atom. The van der Waals surface area contributed by atoms with Crippen LogP contribution in [-0.2, 0) is 4.74 Å². The molecule has 6 heteroatoms. The number of rotatable bonds is 2. The van der Waals surface area contributed by atoms with Crippen LogP contribution in [0.25, 0.3) is 10.4 Å². The van der Waals surface area contributed by atoms with Crippen molar-refractivity contribution in [3.63, 3.8) is 0 Å². The van der Waals surface area contributed by atoms with Crippen molar-refractivity contribution in [3.05, 3.63) is 10.4 Å². The Kier molecular flexibility index (Phi) is 1.30. The van der Waals surface area contributed by atoms with E-state index in [2.05, 4.69) is 14.8 Å². The number of aliphatic hydroxyl groups is 2. The van der Waals surface area contributed by atoms with Crippen molar-refractivity contribution in [1.82, 2.24) is 0 Å². The van der Waals surface area contributed by atoms with Crippen LogP contribution in [0, 0.1) is 0 Å². The van der Waals surface area contributed by atoms with Crippen molar-refractivity contribution < 1.29 is 14.9 Å². The molecule has 1 unspecified atom stereocenters. The Morgan fingerprint density at radius 2 is 2.44 bits per heavy atom. The number of nitrogens with zero attached hydrogens (tertiary/aromatic N) is 3. The minimum atomic E-state index is -1.38. The molecule has 1 heterocycles. The number of aliphatic hydroxyl groups excluding tert-OH is 2. The summed E-state index contributed by atoms with van der Waals surface area (Å²) in [6.45, 7) is -0.488. The van der Waals surface area contributed by atoms with Crippen molar-refractivity contribution >= 4 is 0 Å². The van der Waals surface area contributed by atoms with Crippen molar-refractivity contribution in [1.29, 1.82) is 0 Å². The highest BCUT2D eigenvalue weighted by atomic mass is 16.7. The first-order valence-electron chi connectivity index (χ1n) is 2.28. The summed E-state index contributed by atoms with van der Waals surface area (Å²) in [7, 11) is 0. The normalized spacial score (nSPS) is 39.6. The molecule has 6 nitrogen and oxygen atoms in total. The van der Waals surface area contributed by atoms with Gasteiger partial charge in [0, 0.05) is 4.91 Å². The first-order valence-corrected chi connectivity index (χ1v) is 2.28. The maximum atomic E-state index is 8.56. The number of epoxide rings is 1. The van der Waals surface area contributed by atoms with Crippen molar-refractivity contribution in [3.8, 4) is 0 Å². The second-order valence-electron chi connectivity index (χ2n) is 1.66. The van der Waals surface area contributed by atoms with E-state index in [1.165, 1.54) is 0 Å². The molecular formula is C3H5N3O3. The third-order valence-corrected chi connectivity index (χ3v) is 1.08. The lowest BCUT2D eigenvalue weighted by Crippen LogP contribution is -2.15. The van der Waals surface area contributed by atoms with Crippen LogP contribution in [0.15, 0.2) is 5.11 Å². The molecule has 1 aliphatic heterocycles. The van der Waals surface area contributed by atoms with Crippen molar-refractivity contribution in [2.24, 2.45) is 5.11 Å². The molecule has 0 spiro atoms. The average molecular weight is 131 g/mol. The Morgan fingerprint density at radius 1 is 1.89 bits per heavy atom. The lowest BCUT2D eigenvalue weighted by Gasteiger charge is -1.93. The lowest BCUT2D eigenvalue weighted by molar-refractivity contribution is 0.150. The molecular weight excluding hydrogens is 126 g/mol. The van der Waals surface area contributed by atoms with Gasteiger partial charge in [0.2, 0.25) is 5.72 Å². The number of hydrogen-bond acceptors (Lipinski definition) is 4. The van der Waals surface area contributed by atoms with Gasteiger partial charge in [0.1, 0.15) is 0 Å². The SMILES string of the molecule is [N-]=[N+]=N[C@]1(CO)OC1O. The fraction of sp³-hybridized carbons (Fsp3) is 1.00. The van der Waals surface area contributed by atoms with Gasteiger partial charge in [-0.3, -0.25) is 0 Å². The Bertz CT molecular complexity index is 162. The van der Waals surface area contributed by atoms with E-state index in [4.69, 9.17) is 15.7 Å². The summed E-state index contributed by atoms with van der Waals surface area (Å²) in [6.07, 6.45) is -1.14. The molecule has 0 aromatic carbocycles. The number of azide groups is 1. The summed E-state index contributed by atoms with van der Waals surface area (Å²) < 4.78 is 4.38. The third-order valence-electron chi connectivity index (χ3n) is 1.08. The maximum Gasteiger partial charge on any atom is 0.223 e. The summed E-state index contributed by atoms with van der Waals surface area (Å²) >= 11 is 0. The average Bonchev–Trinajstić information content (AvgIpc) is 2.45. The fourth-order valence-electron chi connectivity index (χ4n) is 0.455. The second kappa shape index (κ2) is 1.85. The minimum absolute atomic E-state index is 0.488. The molecule has 1 fully saturated rings. The molecule has 1 aliphatic rings. The molecule has 0 amide bonds. The maximum absolute atomic E-state index is 8.56. The molecule has 0 aromatic heterocycles. The summed E-state index contributed by atoms with van der Waals surface area (Å²) in [6, 6.07) is 0. The monoisotopic (exact) mass is 131 g/mol. The zero-order valence-electron chi connectivity index (χ0n) is 4.43. The van der Waals surface area contributed by atoms with Crippen LogP contribution in [0.5, 0.6) is 0 Å². The number of hydrogen-bond donors (Lipinski definition) is 2. The van der Waals surface area contributed by atoms with Crippen LogP contribution < -0.4 is 0 Å². The summed E-state index contributed by atoms with van der Waals surface area (Å²) in [5.74, 6) is 0. The molecule has 0 aromatic rings. The molecule has 2 atom stereocenters. The third kappa shape index (κ3) is 0.839. The summed E-state index contributed by atoms with van der Waals surface area (Å²) in [5.41, 5.74) is 6.47. The number of ether oxygens (including phenoxy) is 1. The first kappa shape index (κ1) is 6.31. The highest BCUT2D eigenvalue weighted by Gasteiger charge is 2.55. The van der Waals surface area contributed by atoms with Crippen LogP contribution >= 0.6 is 0 Å². The molecule has 50 valence electrons. The van der Waals surface area contributed by atoms with Crippen LogP contribution in [0.2, 0.25) is 0 Å². The van der Waals surface area contributed by atoms with Crippen molar-refractivity contribution in [2.45, 2.75) is 12.0 Å². The van der Waals surface area contributed by atoms with Crippen molar-refractivity contribution in [2.75, 3.05) is 6.61 Å².